The molecule has 1 N–H and O–H groups in total. The number of nitrogens with one attached hydrogen (secondary N) is 1. The van der Waals surface area contributed by atoms with Crippen molar-refractivity contribution in [1.82, 2.24) is 15.2 Å². The topological polar surface area (TPSA) is 45.2 Å². The van der Waals surface area contributed by atoms with E-state index < -0.39 is 0 Å². The van der Waals surface area contributed by atoms with Crippen molar-refractivity contribution in [1.29, 1.82) is 0 Å². The fraction of sp³-hybridized carbons (Fsp3) is 0.500. The monoisotopic (exact) mass is 297 g/mol. The molecule has 2 heterocycles. The van der Waals surface area contributed by atoms with Gasteiger partial charge in [0.1, 0.15) is 5.69 Å². The maximum Gasteiger partial charge on any atom is 0.273 e. The predicted octanol–water partition coefficient (Wildman–Crippen LogP) is 1.67. The van der Waals surface area contributed by atoms with Crippen molar-refractivity contribution >= 4 is 21.8 Å². The Kier molecular flexibility index (Phi) is 4.12. The standard InChI is InChI=1S/C12H16BrN3O/c1-2-16(9-5-7-14-8-9)12(17)11-10(13)4-3-6-15-11/h3-4,6,9,14H,2,5,7-8H2,1H3. The lowest BCUT2D eigenvalue weighted by molar-refractivity contribution is 0.0696. The molecule has 1 saturated heterocycles. The van der Waals surface area contributed by atoms with Gasteiger partial charge in [0, 0.05) is 29.8 Å². The van der Waals surface area contributed by atoms with Crippen LogP contribution >= 0.6 is 15.9 Å². The second kappa shape index (κ2) is 5.60. The Bertz CT molecular complexity index is 404. The zero-order valence-corrected chi connectivity index (χ0v) is 11.4. The highest BCUT2D eigenvalue weighted by molar-refractivity contribution is 9.10. The van der Waals surface area contributed by atoms with E-state index in [0.717, 1.165) is 24.0 Å². The number of aromatic nitrogens is 1. The first-order chi connectivity index (χ1) is 8.24. The lowest BCUT2D eigenvalue weighted by atomic mass is 10.2. The number of carbonyl (C=O) groups excluding carboxylic acids is 1. The van der Waals surface area contributed by atoms with Crippen molar-refractivity contribution in [2.24, 2.45) is 0 Å². The first-order valence-electron chi connectivity index (χ1n) is 5.86. The normalized spacial score (nSPS) is 19.3. The van der Waals surface area contributed by atoms with Crippen LogP contribution in [0, 0.1) is 0 Å². The molecule has 1 fully saturated rings. The van der Waals surface area contributed by atoms with E-state index in [2.05, 4.69) is 26.2 Å². The molecule has 17 heavy (non-hydrogen) atoms. The summed E-state index contributed by atoms with van der Waals surface area (Å²) < 4.78 is 0.759. The number of carbonyl (C=O) groups is 1. The van der Waals surface area contributed by atoms with Gasteiger partial charge in [-0.15, -0.1) is 0 Å². The Morgan fingerprint density at radius 1 is 1.71 bits per heavy atom. The number of amides is 1. The van der Waals surface area contributed by atoms with Gasteiger partial charge in [0.25, 0.3) is 5.91 Å². The molecule has 1 aliphatic heterocycles. The quantitative estimate of drug-likeness (QED) is 0.923. The van der Waals surface area contributed by atoms with Crippen molar-refractivity contribution < 1.29 is 4.79 Å². The van der Waals surface area contributed by atoms with E-state index in [0.29, 0.717) is 18.3 Å². The molecule has 1 unspecified atom stereocenters. The van der Waals surface area contributed by atoms with E-state index in [1.54, 1.807) is 6.20 Å². The molecule has 1 atom stereocenters. The van der Waals surface area contributed by atoms with Gasteiger partial charge in [0.15, 0.2) is 0 Å². The third-order valence-electron chi connectivity index (χ3n) is 3.04. The van der Waals surface area contributed by atoms with E-state index in [1.165, 1.54) is 0 Å². The fourth-order valence-corrected chi connectivity index (χ4v) is 2.58. The van der Waals surface area contributed by atoms with Gasteiger partial charge in [0.05, 0.1) is 0 Å². The Balaban J connectivity index is 2.20. The summed E-state index contributed by atoms with van der Waals surface area (Å²) in [6, 6.07) is 3.95. The highest BCUT2D eigenvalue weighted by Crippen LogP contribution is 2.18. The van der Waals surface area contributed by atoms with E-state index in [4.69, 9.17) is 0 Å². The molecule has 0 spiro atoms. The van der Waals surface area contributed by atoms with Crippen LogP contribution in [-0.4, -0.2) is 41.5 Å². The Morgan fingerprint density at radius 3 is 3.12 bits per heavy atom. The molecular weight excluding hydrogens is 282 g/mol. The number of hydrogen-bond acceptors (Lipinski definition) is 3. The summed E-state index contributed by atoms with van der Waals surface area (Å²) in [5.41, 5.74) is 0.501. The maximum atomic E-state index is 12.4. The molecule has 1 aromatic heterocycles. The zero-order valence-electron chi connectivity index (χ0n) is 9.82. The third kappa shape index (κ3) is 2.66. The fourth-order valence-electron chi connectivity index (χ4n) is 2.15. The Morgan fingerprint density at radius 2 is 2.53 bits per heavy atom. The van der Waals surface area contributed by atoms with Crippen molar-refractivity contribution in [2.75, 3.05) is 19.6 Å². The van der Waals surface area contributed by atoms with Gasteiger partial charge in [0.2, 0.25) is 0 Å². The maximum absolute atomic E-state index is 12.4. The minimum atomic E-state index is 0.00803. The van der Waals surface area contributed by atoms with Crippen LogP contribution in [-0.2, 0) is 0 Å². The summed E-state index contributed by atoms with van der Waals surface area (Å²) in [6.45, 7) is 4.59. The van der Waals surface area contributed by atoms with Gasteiger partial charge in [-0.25, -0.2) is 4.98 Å². The summed E-state index contributed by atoms with van der Waals surface area (Å²) in [6.07, 6.45) is 2.67. The number of hydrogen-bond donors (Lipinski definition) is 1. The number of halogens is 1. The van der Waals surface area contributed by atoms with Gasteiger partial charge in [-0.3, -0.25) is 4.79 Å². The number of nitrogens with zero attached hydrogens (tertiary/aromatic N) is 2. The highest BCUT2D eigenvalue weighted by Gasteiger charge is 2.27. The van der Waals surface area contributed by atoms with Gasteiger partial charge < -0.3 is 10.2 Å². The zero-order chi connectivity index (χ0) is 12.3. The van der Waals surface area contributed by atoms with Crippen molar-refractivity contribution in [3.05, 3.63) is 28.5 Å². The molecule has 2 rings (SSSR count). The summed E-state index contributed by atoms with van der Waals surface area (Å²) >= 11 is 3.38. The minimum absolute atomic E-state index is 0.00803. The molecule has 1 amide bonds. The Labute approximate surface area is 110 Å². The van der Waals surface area contributed by atoms with Gasteiger partial charge in [-0.05, 0) is 48.0 Å². The second-order valence-corrected chi connectivity index (χ2v) is 4.93. The van der Waals surface area contributed by atoms with Gasteiger partial charge in [-0.1, -0.05) is 0 Å². The molecule has 0 saturated carbocycles. The van der Waals surface area contributed by atoms with Crippen LogP contribution < -0.4 is 5.32 Å². The van der Waals surface area contributed by atoms with Crippen LogP contribution in [0.25, 0.3) is 0 Å². The number of likely N-dealkylation sites (N-methyl/N-ethyl adjacent to an activating group) is 1. The van der Waals surface area contributed by atoms with Crippen LogP contribution in [0.2, 0.25) is 0 Å². The van der Waals surface area contributed by atoms with Crippen molar-refractivity contribution in [2.45, 2.75) is 19.4 Å². The molecule has 0 aromatic carbocycles. The summed E-state index contributed by atoms with van der Waals surface area (Å²) in [4.78, 5) is 18.4. The summed E-state index contributed by atoms with van der Waals surface area (Å²) in [7, 11) is 0. The lowest BCUT2D eigenvalue weighted by Gasteiger charge is -2.27. The van der Waals surface area contributed by atoms with Crippen LogP contribution in [0.3, 0.4) is 0 Å². The molecule has 1 aliphatic rings. The van der Waals surface area contributed by atoms with E-state index >= 15 is 0 Å². The van der Waals surface area contributed by atoms with Gasteiger partial charge >= 0.3 is 0 Å². The molecule has 0 aliphatic carbocycles. The molecule has 0 radical (unpaired) electrons. The SMILES string of the molecule is CCN(C(=O)c1ncccc1Br)C1CCNC1. The highest BCUT2D eigenvalue weighted by atomic mass is 79.9. The second-order valence-electron chi connectivity index (χ2n) is 4.07. The molecule has 1 aromatic rings. The molecule has 5 heteroatoms. The number of rotatable bonds is 3. The van der Waals surface area contributed by atoms with E-state index in [1.807, 2.05) is 24.0 Å². The molecule has 4 nitrogen and oxygen atoms in total. The van der Waals surface area contributed by atoms with Crippen molar-refractivity contribution in [3.63, 3.8) is 0 Å². The third-order valence-corrected chi connectivity index (χ3v) is 3.68. The van der Waals surface area contributed by atoms with Crippen LogP contribution in [0.4, 0.5) is 0 Å². The lowest BCUT2D eigenvalue weighted by Crippen LogP contribution is -2.41. The predicted molar refractivity (Wildman–Crippen MR) is 69.9 cm³/mol. The molecule has 0 bridgehead atoms. The Hall–Kier alpha value is -0.940. The molecule has 92 valence electrons. The first-order valence-corrected chi connectivity index (χ1v) is 6.65. The van der Waals surface area contributed by atoms with Crippen molar-refractivity contribution in [3.8, 4) is 0 Å². The van der Waals surface area contributed by atoms with E-state index in [-0.39, 0.29) is 5.91 Å². The van der Waals surface area contributed by atoms with Crippen LogP contribution in [0.5, 0.6) is 0 Å². The van der Waals surface area contributed by atoms with E-state index in [9.17, 15) is 4.79 Å². The minimum Gasteiger partial charge on any atom is -0.333 e. The summed E-state index contributed by atoms with van der Waals surface area (Å²) in [5.74, 6) is 0.00803. The average molecular weight is 298 g/mol. The van der Waals surface area contributed by atoms with Gasteiger partial charge in [-0.2, -0.15) is 0 Å². The number of pyridine rings is 1. The van der Waals surface area contributed by atoms with Crippen LogP contribution in [0.15, 0.2) is 22.8 Å². The molecular formula is C12H16BrN3O. The summed E-state index contributed by atoms with van der Waals surface area (Å²) in [5, 5.41) is 3.28. The average Bonchev–Trinajstić information content (AvgIpc) is 2.84. The smallest absolute Gasteiger partial charge is 0.273 e. The van der Waals surface area contributed by atoms with Crippen LogP contribution in [0.1, 0.15) is 23.8 Å². The largest absolute Gasteiger partial charge is 0.333 e. The first kappa shape index (κ1) is 12.5.